The minimum atomic E-state index is -4.89. The molecule has 0 heterocycles. The van der Waals surface area contributed by atoms with Crippen molar-refractivity contribution in [2.45, 2.75) is 14.7 Å². The van der Waals surface area contributed by atoms with Gasteiger partial charge in [-0.3, -0.25) is 0 Å². The van der Waals surface area contributed by atoms with Gasteiger partial charge in [-0.05, 0) is 30.3 Å². The monoisotopic (exact) mass is 483 g/mol. The zero-order valence-electron chi connectivity index (χ0n) is 14.2. The standard InChI is InChI=1S/C13H14ClN5O7S3/c14-7-2-1-3-8(4-7)18-13(20)19-9-5-10(27(15,21)22)12(29(17,25)26)11(6-9)28(16,23)24/h1-6H,(H2,15,21,22)(H2,16,23,24)(H2,17,25,26)(H2,18,19,20). The van der Waals surface area contributed by atoms with E-state index in [0.29, 0.717) is 17.2 Å². The predicted octanol–water partition coefficient (Wildman–Crippen LogP) is -0.0738. The fourth-order valence-electron chi connectivity index (χ4n) is 2.21. The third-order valence-corrected chi connectivity index (χ3v) is 6.63. The van der Waals surface area contributed by atoms with Crippen molar-refractivity contribution in [2.75, 3.05) is 10.6 Å². The average Bonchev–Trinajstić information content (AvgIpc) is 2.51. The lowest BCUT2D eigenvalue weighted by Crippen LogP contribution is -2.27. The number of nitrogens with one attached hydrogen (secondary N) is 2. The molecule has 0 bridgehead atoms. The zero-order chi connectivity index (χ0) is 22.2. The third kappa shape index (κ3) is 5.86. The van der Waals surface area contributed by atoms with Gasteiger partial charge < -0.3 is 10.6 Å². The summed E-state index contributed by atoms with van der Waals surface area (Å²) in [7, 11) is -14.5. The summed E-state index contributed by atoms with van der Waals surface area (Å²) in [4.78, 5) is 8.49. The molecule has 0 fully saturated rings. The van der Waals surface area contributed by atoms with Gasteiger partial charge in [0, 0.05) is 16.4 Å². The highest BCUT2D eigenvalue weighted by Gasteiger charge is 2.31. The molecule has 29 heavy (non-hydrogen) atoms. The van der Waals surface area contributed by atoms with Gasteiger partial charge in [0.05, 0.1) is 0 Å². The van der Waals surface area contributed by atoms with E-state index in [9.17, 15) is 30.0 Å². The van der Waals surface area contributed by atoms with E-state index in [1.165, 1.54) is 18.2 Å². The number of carbonyl (C=O) groups is 1. The fraction of sp³-hybridized carbons (Fsp3) is 0. The second kappa shape index (κ2) is 7.86. The smallest absolute Gasteiger partial charge is 0.308 e. The molecule has 8 N–H and O–H groups in total. The Labute approximate surface area is 171 Å². The molecule has 12 nitrogen and oxygen atoms in total. The summed E-state index contributed by atoms with van der Waals surface area (Å²) >= 11 is 5.79. The number of nitrogens with two attached hydrogens (primary N) is 3. The number of rotatable bonds is 5. The van der Waals surface area contributed by atoms with Crippen LogP contribution < -0.4 is 26.1 Å². The summed E-state index contributed by atoms with van der Waals surface area (Å²) in [6, 6.07) is 6.29. The maximum atomic E-state index is 12.1. The SMILES string of the molecule is NS(=O)(=O)c1cc(NC(=O)Nc2cccc(Cl)c2)cc(S(N)(=O)=O)c1S(N)(=O)=O. The Hall–Kier alpha value is -2.27. The minimum absolute atomic E-state index is 0.259. The summed E-state index contributed by atoms with van der Waals surface area (Å²) in [5.74, 6) is 0. The van der Waals surface area contributed by atoms with Gasteiger partial charge in [-0.2, -0.15) is 0 Å². The van der Waals surface area contributed by atoms with Crippen LogP contribution in [0.4, 0.5) is 16.2 Å². The Morgan fingerprint density at radius 2 is 1.24 bits per heavy atom. The second-order valence-corrected chi connectivity index (χ2v) is 10.5. The Balaban J connectivity index is 2.61. The Morgan fingerprint density at radius 1 is 0.759 bits per heavy atom. The van der Waals surface area contributed by atoms with Gasteiger partial charge in [0.25, 0.3) is 0 Å². The Kier molecular flexibility index (Phi) is 6.24. The molecule has 0 radical (unpaired) electrons. The first-order chi connectivity index (χ1) is 13.1. The molecule has 0 aromatic heterocycles. The Bertz CT molecular complexity index is 1260. The number of hydrogen-bond acceptors (Lipinski definition) is 7. The van der Waals surface area contributed by atoms with Crippen molar-refractivity contribution in [3.8, 4) is 0 Å². The molecular formula is C13H14ClN5O7S3. The number of amides is 2. The van der Waals surface area contributed by atoms with E-state index in [-0.39, 0.29) is 5.69 Å². The highest BCUT2D eigenvalue weighted by Crippen LogP contribution is 2.30. The van der Waals surface area contributed by atoms with Crippen molar-refractivity contribution in [1.82, 2.24) is 0 Å². The number of anilines is 2. The van der Waals surface area contributed by atoms with Gasteiger partial charge in [0.1, 0.15) is 14.7 Å². The lowest BCUT2D eigenvalue weighted by molar-refractivity contribution is 0.262. The first kappa shape index (κ1) is 23.0. The van der Waals surface area contributed by atoms with E-state index in [0.717, 1.165) is 0 Å². The van der Waals surface area contributed by atoms with Crippen LogP contribution in [0.25, 0.3) is 0 Å². The summed E-state index contributed by atoms with van der Waals surface area (Å²) in [6.07, 6.45) is 0. The molecule has 2 aromatic rings. The maximum absolute atomic E-state index is 12.1. The lowest BCUT2D eigenvalue weighted by atomic mass is 10.3. The largest absolute Gasteiger partial charge is 0.323 e. The number of sulfonamides is 3. The third-order valence-electron chi connectivity index (χ3n) is 3.26. The van der Waals surface area contributed by atoms with Crippen molar-refractivity contribution in [1.29, 1.82) is 0 Å². The summed E-state index contributed by atoms with van der Waals surface area (Å²) in [6.45, 7) is 0. The highest BCUT2D eigenvalue weighted by molar-refractivity contribution is 7.94. The van der Waals surface area contributed by atoms with Crippen LogP contribution in [0.5, 0.6) is 0 Å². The molecule has 0 aliphatic rings. The molecular weight excluding hydrogens is 470 g/mol. The number of carbonyl (C=O) groups excluding carboxylic acids is 1. The van der Waals surface area contributed by atoms with Crippen molar-refractivity contribution < 1.29 is 30.0 Å². The van der Waals surface area contributed by atoms with Crippen molar-refractivity contribution in [2.24, 2.45) is 15.4 Å². The van der Waals surface area contributed by atoms with Gasteiger partial charge in [0.15, 0.2) is 0 Å². The first-order valence-corrected chi connectivity index (χ1v) is 12.2. The van der Waals surface area contributed by atoms with E-state index in [2.05, 4.69) is 10.6 Å². The van der Waals surface area contributed by atoms with E-state index in [4.69, 9.17) is 27.0 Å². The summed E-state index contributed by atoms with van der Waals surface area (Å²) < 4.78 is 70.9. The molecule has 2 aromatic carbocycles. The predicted molar refractivity (Wildman–Crippen MR) is 105 cm³/mol. The van der Waals surface area contributed by atoms with Crippen LogP contribution >= 0.6 is 11.6 Å². The normalized spacial score (nSPS) is 12.4. The second-order valence-electron chi connectivity index (χ2n) is 5.53. The van der Waals surface area contributed by atoms with Gasteiger partial charge in [-0.25, -0.2) is 45.5 Å². The van der Waals surface area contributed by atoms with E-state index in [1.54, 1.807) is 6.07 Å². The van der Waals surface area contributed by atoms with Crippen LogP contribution in [0, 0.1) is 0 Å². The van der Waals surface area contributed by atoms with Crippen LogP contribution in [0.15, 0.2) is 51.1 Å². The average molecular weight is 484 g/mol. The molecule has 0 aliphatic carbocycles. The molecule has 0 spiro atoms. The molecule has 2 amide bonds. The van der Waals surface area contributed by atoms with Gasteiger partial charge in [-0.15, -0.1) is 0 Å². The topological polar surface area (TPSA) is 222 Å². The number of hydrogen-bond donors (Lipinski definition) is 5. The highest BCUT2D eigenvalue weighted by atomic mass is 35.5. The Morgan fingerprint density at radius 3 is 1.66 bits per heavy atom. The number of primary sulfonamides is 3. The minimum Gasteiger partial charge on any atom is -0.308 e. The fourth-order valence-corrected chi connectivity index (χ4v) is 5.86. The van der Waals surface area contributed by atoms with Crippen LogP contribution in [-0.4, -0.2) is 31.3 Å². The van der Waals surface area contributed by atoms with Gasteiger partial charge >= 0.3 is 6.03 Å². The number of halogens is 1. The summed E-state index contributed by atoms with van der Waals surface area (Å²) in [5, 5.41) is 19.7. The van der Waals surface area contributed by atoms with Crippen LogP contribution in [-0.2, 0) is 30.1 Å². The van der Waals surface area contributed by atoms with Gasteiger partial charge in [-0.1, -0.05) is 17.7 Å². The lowest BCUT2D eigenvalue weighted by Gasteiger charge is -2.14. The maximum Gasteiger partial charge on any atom is 0.323 e. The number of urea groups is 1. The molecule has 0 saturated carbocycles. The van der Waals surface area contributed by atoms with Crippen molar-refractivity contribution in [3.05, 3.63) is 41.4 Å². The van der Waals surface area contributed by atoms with E-state index >= 15 is 0 Å². The first-order valence-electron chi connectivity index (χ1n) is 7.19. The van der Waals surface area contributed by atoms with Crippen LogP contribution in [0.3, 0.4) is 0 Å². The van der Waals surface area contributed by atoms with Crippen molar-refractivity contribution in [3.63, 3.8) is 0 Å². The molecule has 2 rings (SSSR count). The molecule has 0 atom stereocenters. The number of benzene rings is 2. The van der Waals surface area contributed by atoms with Crippen LogP contribution in [0.2, 0.25) is 5.02 Å². The van der Waals surface area contributed by atoms with E-state index in [1.807, 2.05) is 0 Å². The van der Waals surface area contributed by atoms with Crippen LogP contribution in [0.1, 0.15) is 0 Å². The zero-order valence-corrected chi connectivity index (χ0v) is 17.4. The van der Waals surface area contributed by atoms with Gasteiger partial charge in [0.2, 0.25) is 30.1 Å². The molecule has 0 unspecified atom stereocenters. The molecule has 16 heteroatoms. The molecule has 158 valence electrons. The molecule has 0 aliphatic heterocycles. The van der Waals surface area contributed by atoms with E-state index < -0.39 is 56.5 Å². The van der Waals surface area contributed by atoms with Crippen molar-refractivity contribution >= 4 is 59.1 Å². The molecule has 0 saturated heterocycles. The quantitative estimate of drug-likeness (QED) is 0.388. The summed E-state index contributed by atoms with van der Waals surface area (Å²) in [5.41, 5.74) is -0.181.